The summed E-state index contributed by atoms with van der Waals surface area (Å²) in [6.07, 6.45) is 0. The van der Waals surface area contributed by atoms with E-state index >= 15 is 0 Å². The highest BCUT2D eigenvalue weighted by molar-refractivity contribution is 5.79. The van der Waals surface area contributed by atoms with Crippen LogP contribution in [0.3, 0.4) is 0 Å². The molecule has 0 bridgehead atoms. The molecule has 0 aliphatic rings. The van der Waals surface area contributed by atoms with Crippen molar-refractivity contribution in [3.63, 3.8) is 0 Å². The molecule has 0 radical (unpaired) electrons. The number of hydrogen-bond acceptors (Lipinski definition) is 3. The van der Waals surface area contributed by atoms with E-state index in [1.807, 2.05) is 37.3 Å². The Kier molecular flexibility index (Phi) is 3.78. The molecule has 5 nitrogen and oxygen atoms in total. The van der Waals surface area contributed by atoms with Gasteiger partial charge < -0.3 is 9.73 Å². The molecular formula is C17H16N2O3. The van der Waals surface area contributed by atoms with Gasteiger partial charge in [-0.3, -0.25) is 9.36 Å². The summed E-state index contributed by atoms with van der Waals surface area (Å²) in [5.74, 6) is -0.756. The zero-order valence-corrected chi connectivity index (χ0v) is 12.2. The van der Waals surface area contributed by atoms with Crippen LogP contribution in [0, 0.1) is 0 Å². The van der Waals surface area contributed by atoms with Crippen molar-refractivity contribution in [3.05, 3.63) is 70.7 Å². The number of nitrogens with one attached hydrogen (secondary N) is 1. The number of carbonyl (C=O) groups excluding carboxylic acids is 1. The molecule has 3 rings (SSSR count). The van der Waals surface area contributed by atoms with E-state index in [4.69, 9.17) is 4.42 Å². The average Bonchev–Trinajstić information content (AvgIpc) is 2.84. The number of amides is 1. The molecule has 0 aliphatic heterocycles. The normalized spacial score (nSPS) is 12.2. The van der Waals surface area contributed by atoms with Crippen LogP contribution in [0.5, 0.6) is 0 Å². The lowest BCUT2D eigenvalue weighted by molar-refractivity contribution is -0.122. The van der Waals surface area contributed by atoms with Crippen LogP contribution < -0.4 is 11.1 Å². The van der Waals surface area contributed by atoms with Crippen LogP contribution in [-0.2, 0) is 11.3 Å². The van der Waals surface area contributed by atoms with E-state index in [2.05, 4.69) is 5.32 Å². The molecule has 0 unspecified atom stereocenters. The van der Waals surface area contributed by atoms with Crippen molar-refractivity contribution in [2.24, 2.45) is 0 Å². The number of rotatable bonds is 4. The Morgan fingerprint density at radius 2 is 1.82 bits per heavy atom. The maximum atomic E-state index is 12.2. The molecule has 1 aromatic heterocycles. The quantitative estimate of drug-likeness (QED) is 0.804. The van der Waals surface area contributed by atoms with Crippen molar-refractivity contribution >= 4 is 17.0 Å². The van der Waals surface area contributed by atoms with Gasteiger partial charge in [-0.05, 0) is 24.6 Å². The van der Waals surface area contributed by atoms with E-state index < -0.39 is 5.76 Å². The predicted molar refractivity (Wildman–Crippen MR) is 83.5 cm³/mol. The minimum absolute atomic E-state index is 0.0625. The summed E-state index contributed by atoms with van der Waals surface area (Å²) in [6, 6.07) is 16.6. The molecule has 5 heteroatoms. The van der Waals surface area contributed by atoms with E-state index in [1.165, 1.54) is 4.57 Å². The van der Waals surface area contributed by atoms with Gasteiger partial charge in [-0.25, -0.2) is 4.79 Å². The summed E-state index contributed by atoms with van der Waals surface area (Å²) in [4.78, 5) is 24.0. The van der Waals surface area contributed by atoms with Gasteiger partial charge in [0.2, 0.25) is 5.91 Å². The number of fused-ring (bicyclic) bond motifs is 1. The molecule has 1 amide bonds. The topological polar surface area (TPSA) is 64.2 Å². The number of para-hydroxylation sites is 2. The Morgan fingerprint density at radius 3 is 2.59 bits per heavy atom. The Balaban J connectivity index is 1.76. The van der Waals surface area contributed by atoms with Crippen LogP contribution in [-0.4, -0.2) is 10.5 Å². The highest BCUT2D eigenvalue weighted by atomic mass is 16.4. The molecule has 112 valence electrons. The van der Waals surface area contributed by atoms with Crippen LogP contribution in [0.25, 0.3) is 11.1 Å². The fourth-order valence-electron chi connectivity index (χ4n) is 2.42. The Labute approximate surface area is 127 Å². The first-order valence-corrected chi connectivity index (χ1v) is 7.08. The van der Waals surface area contributed by atoms with Crippen molar-refractivity contribution in [1.29, 1.82) is 0 Å². The Bertz CT molecular complexity index is 849. The van der Waals surface area contributed by atoms with Gasteiger partial charge in [0.15, 0.2) is 5.58 Å². The van der Waals surface area contributed by atoms with Crippen LogP contribution in [0.15, 0.2) is 63.8 Å². The second-order valence-electron chi connectivity index (χ2n) is 5.12. The molecule has 0 aliphatic carbocycles. The van der Waals surface area contributed by atoms with Crippen LogP contribution in [0.4, 0.5) is 0 Å². The number of aromatic nitrogens is 1. The summed E-state index contributed by atoms with van der Waals surface area (Å²) < 4.78 is 6.45. The van der Waals surface area contributed by atoms with Crippen LogP contribution >= 0.6 is 0 Å². The summed E-state index contributed by atoms with van der Waals surface area (Å²) >= 11 is 0. The average molecular weight is 296 g/mol. The third kappa shape index (κ3) is 2.79. The maximum Gasteiger partial charge on any atom is 0.420 e. The molecule has 2 aromatic carbocycles. The summed E-state index contributed by atoms with van der Waals surface area (Å²) in [7, 11) is 0. The standard InChI is InChI=1S/C17H16N2O3/c1-12(13-7-3-2-4-8-13)18-16(20)11-19-14-9-5-6-10-15(14)22-17(19)21/h2-10,12H,11H2,1H3,(H,18,20)/t12-/m1/s1. The Hall–Kier alpha value is -2.82. The summed E-state index contributed by atoms with van der Waals surface area (Å²) in [5, 5.41) is 2.89. The van der Waals surface area contributed by atoms with Gasteiger partial charge in [0, 0.05) is 0 Å². The zero-order chi connectivity index (χ0) is 15.5. The SMILES string of the molecule is C[C@@H](NC(=O)Cn1c(=O)oc2ccccc21)c1ccccc1. The molecule has 1 heterocycles. The van der Waals surface area contributed by atoms with Crippen molar-refractivity contribution < 1.29 is 9.21 Å². The lowest BCUT2D eigenvalue weighted by atomic mass is 10.1. The van der Waals surface area contributed by atoms with Gasteiger partial charge in [-0.1, -0.05) is 42.5 Å². The molecule has 0 fully saturated rings. The first-order valence-electron chi connectivity index (χ1n) is 7.08. The first-order chi connectivity index (χ1) is 10.6. The number of benzene rings is 2. The third-order valence-electron chi connectivity index (χ3n) is 3.55. The monoisotopic (exact) mass is 296 g/mol. The number of hydrogen-bond donors (Lipinski definition) is 1. The van der Waals surface area contributed by atoms with Crippen molar-refractivity contribution in [1.82, 2.24) is 9.88 Å². The zero-order valence-electron chi connectivity index (χ0n) is 12.2. The van der Waals surface area contributed by atoms with Gasteiger partial charge in [0.1, 0.15) is 6.54 Å². The Morgan fingerprint density at radius 1 is 1.14 bits per heavy atom. The van der Waals surface area contributed by atoms with Crippen molar-refractivity contribution in [2.45, 2.75) is 19.5 Å². The van der Waals surface area contributed by atoms with Gasteiger partial charge >= 0.3 is 5.76 Å². The van der Waals surface area contributed by atoms with Gasteiger partial charge in [-0.15, -0.1) is 0 Å². The van der Waals surface area contributed by atoms with Crippen molar-refractivity contribution in [3.8, 4) is 0 Å². The molecular weight excluding hydrogens is 280 g/mol. The van der Waals surface area contributed by atoms with Gasteiger partial charge in [0.25, 0.3) is 0 Å². The van der Waals surface area contributed by atoms with Crippen LogP contribution in [0.1, 0.15) is 18.5 Å². The highest BCUT2D eigenvalue weighted by Crippen LogP contribution is 2.13. The first kappa shape index (κ1) is 14.1. The van der Waals surface area contributed by atoms with Gasteiger partial charge in [0.05, 0.1) is 11.6 Å². The van der Waals surface area contributed by atoms with Crippen molar-refractivity contribution in [2.75, 3.05) is 0 Å². The lowest BCUT2D eigenvalue weighted by Crippen LogP contribution is -2.32. The smallest absolute Gasteiger partial charge is 0.408 e. The van der Waals surface area contributed by atoms with E-state index in [9.17, 15) is 9.59 Å². The van der Waals surface area contributed by atoms with E-state index in [0.717, 1.165) is 5.56 Å². The number of carbonyl (C=O) groups is 1. The highest BCUT2D eigenvalue weighted by Gasteiger charge is 2.14. The van der Waals surface area contributed by atoms with Gasteiger partial charge in [-0.2, -0.15) is 0 Å². The van der Waals surface area contributed by atoms with E-state index in [-0.39, 0.29) is 18.5 Å². The molecule has 0 spiro atoms. The summed E-state index contributed by atoms with van der Waals surface area (Å²) in [5.41, 5.74) is 2.12. The fraction of sp³-hybridized carbons (Fsp3) is 0.176. The molecule has 22 heavy (non-hydrogen) atoms. The molecule has 1 N–H and O–H groups in total. The number of oxazole rings is 1. The maximum absolute atomic E-state index is 12.2. The summed E-state index contributed by atoms with van der Waals surface area (Å²) in [6.45, 7) is 1.84. The number of nitrogens with zero attached hydrogens (tertiary/aromatic N) is 1. The van der Waals surface area contributed by atoms with E-state index in [1.54, 1.807) is 24.3 Å². The third-order valence-corrected chi connectivity index (χ3v) is 3.55. The lowest BCUT2D eigenvalue weighted by Gasteiger charge is -2.14. The van der Waals surface area contributed by atoms with E-state index in [0.29, 0.717) is 11.1 Å². The molecule has 0 saturated heterocycles. The molecule has 0 saturated carbocycles. The molecule has 3 aromatic rings. The van der Waals surface area contributed by atoms with Crippen LogP contribution in [0.2, 0.25) is 0 Å². The molecule has 1 atom stereocenters. The minimum atomic E-state index is -0.524. The second kappa shape index (κ2) is 5.89. The minimum Gasteiger partial charge on any atom is -0.408 e. The predicted octanol–water partition coefficient (Wildman–Crippen LogP) is 2.47. The second-order valence-corrected chi connectivity index (χ2v) is 5.12. The largest absolute Gasteiger partial charge is 0.420 e. The fourth-order valence-corrected chi connectivity index (χ4v) is 2.42.